The first-order chi connectivity index (χ1) is 9.35. The highest BCUT2D eigenvalue weighted by molar-refractivity contribution is 5.19. The largest absolute Gasteiger partial charge is 0.378 e. The van der Waals surface area contributed by atoms with Crippen LogP contribution in [-0.4, -0.2) is 32.9 Å². The van der Waals surface area contributed by atoms with Crippen molar-refractivity contribution >= 4 is 0 Å². The summed E-state index contributed by atoms with van der Waals surface area (Å²) >= 11 is 0. The van der Waals surface area contributed by atoms with Gasteiger partial charge in [-0.25, -0.2) is 0 Å². The Bertz CT molecular complexity index is 349. The minimum atomic E-state index is 0.104. The van der Waals surface area contributed by atoms with Crippen LogP contribution in [0.5, 0.6) is 0 Å². The molecule has 3 atom stereocenters. The maximum atomic E-state index is 5.70. The highest BCUT2D eigenvalue weighted by Gasteiger charge is 2.24. The Kier molecular flexibility index (Phi) is 5.83. The van der Waals surface area contributed by atoms with Crippen molar-refractivity contribution < 1.29 is 9.47 Å². The van der Waals surface area contributed by atoms with Gasteiger partial charge in [0, 0.05) is 19.8 Å². The van der Waals surface area contributed by atoms with Gasteiger partial charge in [-0.2, -0.15) is 0 Å². The number of nitrogens with one attached hydrogen (secondary N) is 1. The van der Waals surface area contributed by atoms with Crippen molar-refractivity contribution in [2.45, 2.75) is 43.9 Å². The molecule has 0 aromatic heterocycles. The predicted octanol–water partition coefficient (Wildman–Crippen LogP) is 2.92. The van der Waals surface area contributed by atoms with Crippen LogP contribution < -0.4 is 5.32 Å². The van der Waals surface area contributed by atoms with E-state index in [1.807, 2.05) is 13.1 Å². The van der Waals surface area contributed by atoms with Crippen molar-refractivity contribution in [3.63, 3.8) is 0 Å². The lowest BCUT2D eigenvalue weighted by Crippen LogP contribution is -2.34. The van der Waals surface area contributed by atoms with E-state index in [1.165, 1.54) is 18.4 Å². The van der Waals surface area contributed by atoms with Gasteiger partial charge in [0.15, 0.2) is 0 Å². The fourth-order valence-corrected chi connectivity index (χ4v) is 2.86. The molecule has 1 fully saturated rings. The van der Waals surface area contributed by atoms with Gasteiger partial charge in [0.2, 0.25) is 0 Å². The molecule has 3 unspecified atom stereocenters. The topological polar surface area (TPSA) is 30.5 Å². The van der Waals surface area contributed by atoms with E-state index in [0.717, 1.165) is 19.4 Å². The van der Waals surface area contributed by atoms with E-state index >= 15 is 0 Å². The predicted molar refractivity (Wildman–Crippen MR) is 77.2 cm³/mol. The van der Waals surface area contributed by atoms with Crippen molar-refractivity contribution in [1.82, 2.24) is 5.32 Å². The molecule has 19 heavy (non-hydrogen) atoms. The minimum Gasteiger partial charge on any atom is -0.378 e. The highest BCUT2D eigenvalue weighted by atomic mass is 16.5. The van der Waals surface area contributed by atoms with Crippen LogP contribution in [0.15, 0.2) is 30.3 Å². The van der Waals surface area contributed by atoms with E-state index < -0.39 is 0 Å². The van der Waals surface area contributed by atoms with Crippen molar-refractivity contribution in [2.24, 2.45) is 0 Å². The molecule has 0 bridgehead atoms. The number of rotatable bonds is 7. The third kappa shape index (κ3) is 4.03. The standard InChI is InChI=1S/C16H25NO2/c1-17-15(11-10-14-9-6-12-19-14)16(18-2)13-7-4-3-5-8-13/h3-5,7-8,14-17H,6,9-12H2,1-2H3. The molecular formula is C16H25NO2. The van der Waals surface area contributed by atoms with E-state index in [4.69, 9.17) is 9.47 Å². The van der Waals surface area contributed by atoms with Gasteiger partial charge in [0.25, 0.3) is 0 Å². The average Bonchev–Trinajstić information content (AvgIpc) is 2.97. The van der Waals surface area contributed by atoms with Crippen molar-refractivity contribution in [3.8, 4) is 0 Å². The molecule has 0 amide bonds. The van der Waals surface area contributed by atoms with E-state index in [2.05, 4.69) is 29.6 Å². The summed E-state index contributed by atoms with van der Waals surface area (Å²) in [4.78, 5) is 0. The number of likely N-dealkylation sites (N-methyl/N-ethyl adjacent to an activating group) is 1. The van der Waals surface area contributed by atoms with Gasteiger partial charge < -0.3 is 14.8 Å². The SMILES string of the molecule is CNC(CCC1CCCO1)C(OC)c1ccccc1. The summed E-state index contributed by atoms with van der Waals surface area (Å²) in [5.41, 5.74) is 1.23. The van der Waals surface area contributed by atoms with Crippen LogP contribution in [0.4, 0.5) is 0 Å². The second-order valence-corrected chi connectivity index (χ2v) is 5.17. The zero-order valence-electron chi connectivity index (χ0n) is 12.0. The lowest BCUT2D eigenvalue weighted by Gasteiger charge is -2.27. The van der Waals surface area contributed by atoms with Crippen LogP contribution in [0, 0.1) is 0 Å². The van der Waals surface area contributed by atoms with Crippen LogP contribution in [-0.2, 0) is 9.47 Å². The maximum absolute atomic E-state index is 5.70. The van der Waals surface area contributed by atoms with Gasteiger partial charge in [-0.1, -0.05) is 30.3 Å². The summed E-state index contributed by atoms with van der Waals surface area (Å²) in [7, 11) is 3.79. The zero-order valence-corrected chi connectivity index (χ0v) is 12.0. The van der Waals surface area contributed by atoms with Crippen LogP contribution >= 0.6 is 0 Å². The second-order valence-electron chi connectivity index (χ2n) is 5.17. The van der Waals surface area contributed by atoms with Crippen LogP contribution in [0.1, 0.15) is 37.4 Å². The summed E-state index contributed by atoms with van der Waals surface area (Å²) < 4.78 is 11.4. The molecule has 0 saturated carbocycles. The normalized spacial score (nSPS) is 22.3. The third-order valence-electron chi connectivity index (χ3n) is 3.94. The Balaban J connectivity index is 1.93. The smallest absolute Gasteiger partial charge is 0.0973 e. The molecule has 0 spiro atoms. The number of benzene rings is 1. The van der Waals surface area contributed by atoms with Crippen molar-refractivity contribution in [1.29, 1.82) is 0 Å². The zero-order chi connectivity index (χ0) is 13.5. The van der Waals surface area contributed by atoms with Gasteiger partial charge in [0.05, 0.1) is 12.2 Å². The molecule has 0 radical (unpaired) electrons. The first kappa shape index (κ1) is 14.5. The molecule has 1 aromatic carbocycles. The number of methoxy groups -OCH3 is 1. The molecule has 1 saturated heterocycles. The molecule has 1 N–H and O–H groups in total. The molecule has 1 aliphatic heterocycles. The monoisotopic (exact) mass is 263 g/mol. The van der Waals surface area contributed by atoms with E-state index in [9.17, 15) is 0 Å². The Morgan fingerprint density at radius 2 is 2.16 bits per heavy atom. The highest BCUT2D eigenvalue weighted by Crippen LogP contribution is 2.25. The maximum Gasteiger partial charge on any atom is 0.0973 e. The quantitative estimate of drug-likeness (QED) is 0.820. The molecular weight excluding hydrogens is 238 g/mol. The lowest BCUT2D eigenvalue weighted by molar-refractivity contribution is 0.0541. The molecule has 2 rings (SSSR count). The number of ether oxygens (including phenoxy) is 2. The molecule has 0 aliphatic carbocycles. The Hall–Kier alpha value is -0.900. The molecule has 1 aliphatic rings. The first-order valence-corrected chi connectivity index (χ1v) is 7.21. The van der Waals surface area contributed by atoms with E-state index in [0.29, 0.717) is 12.1 Å². The summed E-state index contributed by atoms with van der Waals surface area (Å²) in [5, 5.41) is 3.39. The van der Waals surface area contributed by atoms with Gasteiger partial charge in [-0.05, 0) is 38.3 Å². The van der Waals surface area contributed by atoms with Crippen LogP contribution in [0.25, 0.3) is 0 Å². The van der Waals surface area contributed by atoms with Crippen molar-refractivity contribution in [2.75, 3.05) is 20.8 Å². The lowest BCUT2D eigenvalue weighted by atomic mass is 9.96. The summed E-state index contributed by atoms with van der Waals surface area (Å²) in [6.45, 7) is 0.932. The molecule has 1 heterocycles. The van der Waals surface area contributed by atoms with Gasteiger partial charge in [-0.15, -0.1) is 0 Å². The van der Waals surface area contributed by atoms with E-state index in [-0.39, 0.29) is 6.10 Å². The van der Waals surface area contributed by atoms with Gasteiger partial charge in [0.1, 0.15) is 0 Å². The van der Waals surface area contributed by atoms with Crippen LogP contribution in [0.2, 0.25) is 0 Å². The first-order valence-electron chi connectivity index (χ1n) is 7.21. The van der Waals surface area contributed by atoms with Crippen molar-refractivity contribution in [3.05, 3.63) is 35.9 Å². The Labute approximate surface area is 116 Å². The average molecular weight is 263 g/mol. The molecule has 3 nitrogen and oxygen atoms in total. The molecule has 1 aromatic rings. The fraction of sp³-hybridized carbons (Fsp3) is 0.625. The molecule has 106 valence electrons. The number of hydrogen-bond acceptors (Lipinski definition) is 3. The summed E-state index contributed by atoms with van der Waals surface area (Å²) in [6.07, 6.45) is 5.16. The molecule has 3 heteroatoms. The Morgan fingerprint density at radius 3 is 2.74 bits per heavy atom. The minimum absolute atomic E-state index is 0.104. The number of hydrogen-bond donors (Lipinski definition) is 1. The fourth-order valence-electron chi connectivity index (χ4n) is 2.86. The second kappa shape index (κ2) is 7.63. The third-order valence-corrected chi connectivity index (χ3v) is 3.94. The Morgan fingerprint density at radius 1 is 1.37 bits per heavy atom. The van der Waals surface area contributed by atoms with Gasteiger partial charge in [-0.3, -0.25) is 0 Å². The summed E-state index contributed by atoms with van der Waals surface area (Å²) in [6, 6.07) is 10.8. The summed E-state index contributed by atoms with van der Waals surface area (Å²) in [5.74, 6) is 0. The van der Waals surface area contributed by atoms with E-state index in [1.54, 1.807) is 7.11 Å². The van der Waals surface area contributed by atoms with Gasteiger partial charge >= 0.3 is 0 Å². The van der Waals surface area contributed by atoms with Crippen LogP contribution in [0.3, 0.4) is 0 Å².